The second-order valence-electron chi connectivity index (χ2n) is 6.21. The molecule has 1 fully saturated rings. The van der Waals surface area contributed by atoms with Gasteiger partial charge in [0, 0.05) is 12.1 Å². The van der Waals surface area contributed by atoms with E-state index in [1.807, 2.05) is 6.07 Å². The van der Waals surface area contributed by atoms with Gasteiger partial charge in [-0.2, -0.15) is 0 Å². The average Bonchev–Trinajstić information content (AvgIpc) is 2.42. The number of unbranched alkanes of at least 4 members (excludes halogenated alkanes) is 2. The van der Waals surface area contributed by atoms with Crippen molar-refractivity contribution in [3.05, 3.63) is 29.8 Å². The van der Waals surface area contributed by atoms with Gasteiger partial charge in [0.2, 0.25) is 0 Å². The third-order valence-electron chi connectivity index (χ3n) is 4.46. The Morgan fingerprint density at radius 3 is 2.80 bits per heavy atom. The SMILES string of the molecule is CCCCCC(C)NC1CC(c2cccc(OC)c2)C1. The minimum Gasteiger partial charge on any atom is -0.497 e. The van der Waals surface area contributed by atoms with E-state index < -0.39 is 0 Å². The summed E-state index contributed by atoms with van der Waals surface area (Å²) >= 11 is 0. The number of nitrogens with one attached hydrogen (secondary N) is 1. The zero-order valence-corrected chi connectivity index (χ0v) is 13.2. The lowest BCUT2D eigenvalue weighted by molar-refractivity contribution is 0.263. The van der Waals surface area contributed by atoms with Crippen LogP contribution in [0.15, 0.2) is 24.3 Å². The van der Waals surface area contributed by atoms with Crippen LogP contribution < -0.4 is 10.1 Å². The summed E-state index contributed by atoms with van der Waals surface area (Å²) in [6.45, 7) is 4.59. The van der Waals surface area contributed by atoms with Crippen LogP contribution in [0.3, 0.4) is 0 Å². The zero-order valence-electron chi connectivity index (χ0n) is 13.2. The molecule has 0 radical (unpaired) electrons. The van der Waals surface area contributed by atoms with Crippen molar-refractivity contribution in [1.82, 2.24) is 5.32 Å². The fourth-order valence-electron chi connectivity index (χ4n) is 3.11. The van der Waals surface area contributed by atoms with Gasteiger partial charge in [-0.1, -0.05) is 38.3 Å². The van der Waals surface area contributed by atoms with Gasteiger partial charge < -0.3 is 10.1 Å². The normalized spacial score (nSPS) is 23.1. The van der Waals surface area contributed by atoms with Crippen LogP contribution in [0.25, 0.3) is 0 Å². The maximum Gasteiger partial charge on any atom is 0.119 e. The zero-order chi connectivity index (χ0) is 14.4. The van der Waals surface area contributed by atoms with Crippen molar-refractivity contribution in [2.24, 2.45) is 0 Å². The topological polar surface area (TPSA) is 21.3 Å². The van der Waals surface area contributed by atoms with E-state index in [2.05, 4.69) is 37.4 Å². The Balaban J connectivity index is 1.71. The van der Waals surface area contributed by atoms with E-state index in [0.717, 1.165) is 5.75 Å². The summed E-state index contributed by atoms with van der Waals surface area (Å²) in [4.78, 5) is 0. The van der Waals surface area contributed by atoms with Gasteiger partial charge in [-0.05, 0) is 49.8 Å². The molecule has 20 heavy (non-hydrogen) atoms. The van der Waals surface area contributed by atoms with E-state index in [1.165, 1.54) is 44.1 Å². The predicted molar refractivity (Wildman–Crippen MR) is 85.5 cm³/mol. The monoisotopic (exact) mass is 275 g/mol. The third-order valence-corrected chi connectivity index (χ3v) is 4.46. The Bertz CT molecular complexity index is 398. The summed E-state index contributed by atoms with van der Waals surface area (Å²) in [5.74, 6) is 1.69. The van der Waals surface area contributed by atoms with Crippen LogP contribution in [0.5, 0.6) is 5.75 Å². The van der Waals surface area contributed by atoms with Crippen LogP contribution >= 0.6 is 0 Å². The van der Waals surface area contributed by atoms with Crippen LogP contribution in [0.4, 0.5) is 0 Å². The van der Waals surface area contributed by atoms with Crippen molar-refractivity contribution in [3.8, 4) is 5.75 Å². The first-order chi connectivity index (χ1) is 9.72. The Kier molecular flexibility index (Phi) is 5.90. The van der Waals surface area contributed by atoms with Crippen molar-refractivity contribution in [3.63, 3.8) is 0 Å². The molecule has 2 heteroatoms. The first-order valence-corrected chi connectivity index (χ1v) is 8.13. The van der Waals surface area contributed by atoms with Gasteiger partial charge >= 0.3 is 0 Å². The summed E-state index contributed by atoms with van der Waals surface area (Å²) in [7, 11) is 1.74. The van der Waals surface area contributed by atoms with Gasteiger partial charge in [-0.15, -0.1) is 0 Å². The van der Waals surface area contributed by atoms with Gasteiger partial charge in [0.25, 0.3) is 0 Å². The quantitative estimate of drug-likeness (QED) is 0.705. The van der Waals surface area contributed by atoms with E-state index in [-0.39, 0.29) is 0 Å². The number of methoxy groups -OCH3 is 1. The number of ether oxygens (including phenoxy) is 1. The van der Waals surface area contributed by atoms with E-state index in [9.17, 15) is 0 Å². The lowest BCUT2D eigenvalue weighted by atomic mass is 9.75. The molecule has 1 N–H and O–H groups in total. The molecule has 1 atom stereocenters. The molecular weight excluding hydrogens is 246 g/mol. The van der Waals surface area contributed by atoms with Gasteiger partial charge in [0.1, 0.15) is 5.75 Å². The Morgan fingerprint density at radius 2 is 2.10 bits per heavy atom. The Morgan fingerprint density at radius 1 is 1.30 bits per heavy atom. The number of hydrogen-bond acceptors (Lipinski definition) is 2. The van der Waals surface area contributed by atoms with Gasteiger partial charge in [0.15, 0.2) is 0 Å². The molecule has 112 valence electrons. The molecule has 0 bridgehead atoms. The maximum atomic E-state index is 5.30. The Hall–Kier alpha value is -1.02. The summed E-state index contributed by atoms with van der Waals surface area (Å²) in [5, 5.41) is 3.77. The molecule has 0 saturated heterocycles. The van der Waals surface area contributed by atoms with Crippen LogP contribution in [0, 0.1) is 0 Å². The van der Waals surface area contributed by atoms with Crippen LogP contribution in [-0.4, -0.2) is 19.2 Å². The van der Waals surface area contributed by atoms with Crippen molar-refractivity contribution in [1.29, 1.82) is 0 Å². The lowest BCUT2D eigenvalue weighted by Crippen LogP contribution is -2.44. The molecule has 0 amide bonds. The van der Waals surface area contributed by atoms with Gasteiger partial charge in [0.05, 0.1) is 7.11 Å². The minimum atomic E-state index is 0.665. The first kappa shape index (κ1) is 15.4. The standard InChI is InChI=1S/C18H29NO/c1-4-5-6-8-14(2)19-17-11-16(12-17)15-9-7-10-18(13-15)20-3/h7,9-10,13-14,16-17,19H,4-6,8,11-12H2,1-3H3. The molecule has 0 aliphatic heterocycles. The van der Waals surface area contributed by atoms with E-state index in [0.29, 0.717) is 18.0 Å². The fourth-order valence-corrected chi connectivity index (χ4v) is 3.11. The van der Waals surface area contributed by atoms with Crippen molar-refractivity contribution in [2.45, 2.75) is 70.4 Å². The smallest absolute Gasteiger partial charge is 0.119 e. The van der Waals surface area contributed by atoms with Gasteiger partial charge in [-0.3, -0.25) is 0 Å². The summed E-state index contributed by atoms with van der Waals surface area (Å²) in [6.07, 6.45) is 7.89. The Labute approximate surface area is 123 Å². The number of benzene rings is 1. The summed E-state index contributed by atoms with van der Waals surface area (Å²) in [5.41, 5.74) is 1.43. The van der Waals surface area contributed by atoms with E-state index in [4.69, 9.17) is 4.74 Å². The van der Waals surface area contributed by atoms with Crippen LogP contribution in [-0.2, 0) is 0 Å². The van der Waals surface area contributed by atoms with Crippen molar-refractivity contribution < 1.29 is 4.74 Å². The third kappa shape index (κ3) is 4.24. The molecular formula is C18H29NO. The molecule has 1 unspecified atom stereocenters. The molecule has 2 nitrogen and oxygen atoms in total. The van der Waals surface area contributed by atoms with Crippen LogP contribution in [0.1, 0.15) is 63.9 Å². The molecule has 1 aliphatic rings. The predicted octanol–water partition coefficient (Wildman–Crippen LogP) is 4.50. The molecule has 2 rings (SSSR count). The van der Waals surface area contributed by atoms with E-state index >= 15 is 0 Å². The maximum absolute atomic E-state index is 5.30. The molecule has 0 aromatic heterocycles. The number of hydrogen-bond donors (Lipinski definition) is 1. The van der Waals surface area contributed by atoms with E-state index in [1.54, 1.807) is 7.11 Å². The largest absolute Gasteiger partial charge is 0.497 e. The second-order valence-corrected chi connectivity index (χ2v) is 6.21. The summed E-state index contributed by atoms with van der Waals surface area (Å²) < 4.78 is 5.30. The van der Waals surface area contributed by atoms with Crippen LogP contribution in [0.2, 0.25) is 0 Å². The highest BCUT2D eigenvalue weighted by Crippen LogP contribution is 2.38. The molecule has 0 spiro atoms. The van der Waals surface area contributed by atoms with Crippen molar-refractivity contribution >= 4 is 0 Å². The minimum absolute atomic E-state index is 0.665. The van der Waals surface area contributed by atoms with Gasteiger partial charge in [-0.25, -0.2) is 0 Å². The highest BCUT2D eigenvalue weighted by atomic mass is 16.5. The molecule has 1 aromatic rings. The molecule has 0 heterocycles. The summed E-state index contributed by atoms with van der Waals surface area (Å²) in [6, 6.07) is 9.91. The second kappa shape index (κ2) is 7.68. The molecule has 1 aromatic carbocycles. The fraction of sp³-hybridized carbons (Fsp3) is 0.667. The lowest BCUT2D eigenvalue weighted by Gasteiger charge is -2.38. The highest BCUT2D eigenvalue weighted by molar-refractivity contribution is 5.32. The van der Waals surface area contributed by atoms with Crippen molar-refractivity contribution in [2.75, 3.05) is 7.11 Å². The molecule has 1 aliphatic carbocycles. The average molecular weight is 275 g/mol. The first-order valence-electron chi connectivity index (χ1n) is 8.13. The number of rotatable bonds is 8. The molecule has 1 saturated carbocycles. The highest BCUT2D eigenvalue weighted by Gasteiger charge is 2.30.